The lowest BCUT2D eigenvalue weighted by Crippen LogP contribution is -2.32. The second-order valence-electron chi connectivity index (χ2n) is 5.15. The highest BCUT2D eigenvalue weighted by Gasteiger charge is 2.59. The van der Waals surface area contributed by atoms with Crippen LogP contribution in [0.15, 0.2) is 24.3 Å². The fourth-order valence-corrected chi connectivity index (χ4v) is 2.69. The molecule has 1 spiro atoms. The number of hydrogen-bond donors (Lipinski definition) is 1. The molecule has 1 aliphatic carbocycles. The Morgan fingerprint density at radius 1 is 1.44 bits per heavy atom. The van der Waals surface area contributed by atoms with Gasteiger partial charge in [-0.1, -0.05) is 25.1 Å². The number of hydrogen-bond acceptors (Lipinski definition) is 2. The number of carbonyl (C=O) groups excluding carboxylic acids is 1. The average molecular weight is 248 g/mol. The maximum atomic E-state index is 13.9. The van der Waals surface area contributed by atoms with Crippen LogP contribution in [0, 0.1) is 5.82 Å². The van der Waals surface area contributed by atoms with Gasteiger partial charge in [-0.3, -0.25) is 10.1 Å². The Balaban J connectivity index is 1.95. The van der Waals surface area contributed by atoms with E-state index in [1.54, 1.807) is 17.0 Å². The molecule has 1 atom stereocenters. The van der Waals surface area contributed by atoms with Gasteiger partial charge in [0.2, 0.25) is 5.91 Å². The summed E-state index contributed by atoms with van der Waals surface area (Å²) in [5.41, 5.74) is 0.186. The van der Waals surface area contributed by atoms with Crippen LogP contribution in [-0.2, 0) is 4.79 Å². The van der Waals surface area contributed by atoms with Crippen LogP contribution in [0.25, 0.3) is 0 Å². The smallest absolute Gasteiger partial charge is 0.244 e. The molecule has 3 nitrogen and oxygen atoms in total. The predicted octanol–water partition coefficient (Wildman–Crippen LogP) is 2.20. The van der Waals surface area contributed by atoms with E-state index in [2.05, 4.69) is 5.32 Å². The lowest BCUT2D eigenvalue weighted by molar-refractivity contribution is -0.130. The van der Waals surface area contributed by atoms with E-state index in [9.17, 15) is 9.18 Å². The summed E-state index contributed by atoms with van der Waals surface area (Å²) < 4.78 is 13.9. The van der Waals surface area contributed by atoms with Crippen LogP contribution in [0.2, 0.25) is 0 Å². The first-order chi connectivity index (χ1) is 8.68. The highest BCUT2D eigenvalue weighted by Crippen LogP contribution is 2.46. The van der Waals surface area contributed by atoms with Gasteiger partial charge < -0.3 is 4.90 Å². The third kappa shape index (κ3) is 1.63. The summed E-state index contributed by atoms with van der Waals surface area (Å²) in [7, 11) is 0. The van der Waals surface area contributed by atoms with Crippen molar-refractivity contribution < 1.29 is 9.18 Å². The zero-order valence-corrected chi connectivity index (χ0v) is 10.4. The van der Waals surface area contributed by atoms with Crippen molar-refractivity contribution in [3.63, 3.8) is 0 Å². The van der Waals surface area contributed by atoms with Gasteiger partial charge in [-0.2, -0.15) is 0 Å². The van der Waals surface area contributed by atoms with E-state index in [0.29, 0.717) is 12.1 Å². The minimum atomic E-state index is -0.387. The first-order valence-corrected chi connectivity index (χ1v) is 6.51. The van der Waals surface area contributed by atoms with Crippen molar-refractivity contribution in [3.8, 4) is 0 Å². The van der Waals surface area contributed by atoms with Crippen LogP contribution in [-0.4, -0.2) is 22.9 Å². The molecule has 2 aliphatic rings. The van der Waals surface area contributed by atoms with Gasteiger partial charge in [0.1, 0.15) is 17.5 Å². The molecule has 1 aliphatic heterocycles. The fraction of sp³-hybridized carbons (Fsp3) is 0.500. The third-order valence-corrected chi connectivity index (χ3v) is 3.81. The molecule has 1 aromatic carbocycles. The van der Waals surface area contributed by atoms with Crippen molar-refractivity contribution in [2.24, 2.45) is 0 Å². The van der Waals surface area contributed by atoms with Crippen LogP contribution in [0.3, 0.4) is 0 Å². The van der Waals surface area contributed by atoms with Crippen molar-refractivity contribution >= 4 is 5.91 Å². The molecule has 1 saturated carbocycles. The minimum Gasteiger partial charge on any atom is -0.321 e. The first-order valence-electron chi connectivity index (χ1n) is 6.51. The van der Waals surface area contributed by atoms with Gasteiger partial charge in [-0.05, 0) is 25.3 Å². The molecule has 1 N–H and O–H groups in total. The molecule has 1 heterocycles. The number of benzene rings is 1. The second-order valence-corrected chi connectivity index (χ2v) is 5.15. The van der Waals surface area contributed by atoms with Gasteiger partial charge in [0.15, 0.2) is 0 Å². The SMILES string of the molecule is CCCN1C(=O)C2(CC2)NC1c1ccccc1F. The molecule has 2 fully saturated rings. The van der Waals surface area contributed by atoms with Gasteiger partial charge in [0, 0.05) is 12.1 Å². The second kappa shape index (κ2) is 4.05. The monoisotopic (exact) mass is 248 g/mol. The zero-order valence-electron chi connectivity index (χ0n) is 10.4. The summed E-state index contributed by atoms with van der Waals surface area (Å²) in [6.07, 6.45) is 2.32. The van der Waals surface area contributed by atoms with Gasteiger partial charge in [0.25, 0.3) is 0 Å². The molecule has 1 unspecified atom stereocenters. The topological polar surface area (TPSA) is 32.3 Å². The first kappa shape index (κ1) is 11.7. The summed E-state index contributed by atoms with van der Waals surface area (Å²) in [4.78, 5) is 14.1. The van der Waals surface area contributed by atoms with Crippen LogP contribution in [0.5, 0.6) is 0 Å². The molecule has 0 bridgehead atoms. The van der Waals surface area contributed by atoms with E-state index in [1.807, 2.05) is 13.0 Å². The minimum absolute atomic E-state index is 0.137. The summed E-state index contributed by atoms with van der Waals surface area (Å²) in [6.45, 7) is 2.70. The summed E-state index contributed by atoms with van der Waals surface area (Å²) in [5.74, 6) is -0.112. The maximum absolute atomic E-state index is 13.9. The summed E-state index contributed by atoms with van der Waals surface area (Å²) >= 11 is 0. The Labute approximate surface area is 106 Å². The molecule has 0 radical (unpaired) electrons. The molecule has 4 heteroatoms. The predicted molar refractivity (Wildman–Crippen MR) is 66.2 cm³/mol. The molecular formula is C14H17FN2O. The number of halogens is 1. The van der Waals surface area contributed by atoms with Gasteiger partial charge in [0.05, 0.1) is 0 Å². The largest absolute Gasteiger partial charge is 0.321 e. The van der Waals surface area contributed by atoms with Crippen molar-refractivity contribution in [2.75, 3.05) is 6.54 Å². The lowest BCUT2D eigenvalue weighted by atomic mass is 10.1. The molecule has 0 aromatic heterocycles. The Hall–Kier alpha value is -1.42. The van der Waals surface area contributed by atoms with E-state index >= 15 is 0 Å². The normalized spacial score (nSPS) is 24.9. The number of nitrogens with zero attached hydrogens (tertiary/aromatic N) is 1. The van der Waals surface area contributed by atoms with Crippen LogP contribution in [0.4, 0.5) is 4.39 Å². The average Bonchev–Trinajstić information content (AvgIpc) is 3.09. The standard InChI is InChI=1S/C14H17FN2O/c1-2-9-17-12(10-5-3-4-6-11(10)15)16-14(7-8-14)13(17)18/h3-6,12,16H,2,7-9H2,1H3. The molecule has 96 valence electrons. The highest BCUT2D eigenvalue weighted by molar-refractivity contribution is 5.92. The molecule has 3 rings (SSSR count). The lowest BCUT2D eigenvalue weighted by Gasteiger charge is -2.24. The van der Waals surface area contributed by atoms with E-state index in [1.165, 1.54) is 6.07 Å². The number of nitrogens with one attached hydrogen (secondary N) is 1. The van der Waals surface area contributed by atoms with Crippen molar-refractivity contribution in [3.05, 3.63) is 35.6 Å². The Morgan fingerprint density at radius 3 is 2.78 bits per heavy atom. The fourth-order valence-electron chi connectivity index (χ4n) is 2.69. The maximum Gasteiger partial charge on any atom is 0.244 e. The van der Waals surface area contributed by atoms with Crippen LogP contribution < -0.4 is 5.32 Å². The van der Waals surface area contributed by atoms with E-state index < -0.39 is 0 Å². The van der Waals surface area contributed by atoms with Crippen LogP contribution in [0.1, 0.15) is 37.9 Å². The number of carbonyl (C=O) groups is 1. The summed E-state index contributed by atoms with van der Waals surface area (Å²) in [6, 6.07) is 6.69. The summed E-state index contributed by atoms with van der Waals surface area (Å²) in [5, 5.41) is 3.32. The van der Waals surface area contributed by atoms with Crippen LogP contribution >= 0.6 is 0 Å². The number of rotatable bonds is 3. The van der Waals surface area contributed by atoms with E-state index in [0.717, 1.165) is 19.3 Å². The van der Waals surface area contributed by atoms with E-state index in [-0.39, 0.29) is 23.4 Å². The highest BCUT2D eigenvalue weighted by atomic mass is 19.1. The third-order valence-electron chi connectivity index (χ3n) is 3.81. The van der Waals surface area contributed by atoms with Gasteiger partial charge >= 0.3 is 0 Å². The van der Waals surface area contributed by atoms with Crippen molar-refractivity contribution in [1.29, 1.82) is 0 Å². The van der Waals surface area contributed by atoms with Crippen molar-refractivity contribution in [1.82, 2.24) is 10.2 Å². The quantitative estimate of drug-likeness (QED) is 0.889. The molecule has 1 saturated heterocycles. The van der Waals surface area contributed by atoms with Gasteiger partial charge in [-0.15, -0.1) is 0 Å². The Bertz CT molecular complexity index is 484. The Kier molecular flexibility index (Phi) is 2.63. The molecule has 1 amide bonds. The van der Waals surface area contributed by atoms with Crippen molar-refractivity contribution in [2.45, 2.75) is 37.9 Å². The molecule has 1 aromatic rings. The van der Waals surface area contributed by atoms with Gasteiger partial charge in [-0.25, -0.2) is 4.39 Å². The zero-order chi connectivity index (χ0) is 12.8. The molecule has 18 heavy (non-hydrogen) atoms. The van der Waals surface area contributed by atoms with E-state index in [4.69, 9.17) is 0 Å². The number of amides is 1. The Morgan fingerprint density at radius 2 is 2.17 bits per heavy atom. The molecular weight excluding hydrogens is 231 g/mol.